The third-order valence-electron chi connectivity index (χ3n) is 3.88. The van der Waals surface area contributed by atoms with Gasteiger partial charge in [0.1, 0.15) is 0 Å². The van der Waals surface area contributed by atoms with Crippen molar-refractivity contribution in [3.63, 3.8) is 0 Å². The summed E-state index contributed by atoms with van der Waals surface area (Å²) < 4.78 is 8.15. The van der Waals surface area contributed by atoms with Crippen LogP contribution in [0.15, 0.2) is 18.5 Å². The van der Waals surface area contributed by atoms with Crippen molar-refractivity contribution in [3.05, 3.63) is 24.0 Å². The third kappa shape index (κ3) is 4.62. The number of nitrogens with zero attached hydrogens (tertiary/aromatic N) is 2. The molecule has 4 nitrogen and oxygen atoms in total. The summed E-state index contributed by atoms with van der Waals surface area (Å²) in [7, 11) is 0. The van der Waals surface area contributed by atoms with Gasteiger partial charge in [-0.3, -0.25) is 4.90 Å². The number of hydrogen-bond acceptors (Lipinski definition) is 3. The Balaban J connectivity index is 1.80. The second-order valence-electron chi connectivity index (χ2n) is 5.97. The molecule has 1 unspecified atom stereocenters. The van der Waals surface area contributed by atoms with Crippen LogP contribution in [-0.4, -0.2) is 47.9 Å². The van der Waals surface area contributed by atoms with Gasteiger partial charge in [0.25, 0.3) is 0 Å². The van der Waals surface area contributed by atoms with Crippen molar-refractivity contribution in [1.82, 2.24) is 14.8 Å². The molecule has 1 aromatic heterocycles. The smallest absolute Gasteiger partial charge is 0.0881 e. The molecule has 0 spiro atoms. The average Bonchev–Trinajstić information content (AvgIpc) is 2.87. The minimum atomic E-state index is 0.315. The Hall–Kier alpha value is -0.840. The maximum atomic E-state index is 5.89. The van der Waals surface area contributed by atoms with Crippen LogP contribution in [0.25, 0.3) is 0 Å². The van der Waals surface area contributed by atoms with Crippen LogP contribution in [0.5, 0.6) is 0 Å². The first kappa shape index (κ1) is 15.5. The summed E-state index contributed by atoms with van der Waals surface area (Å²) in [5, 5.41) is 3.44. The standard InChI is InChI=1S/C16H29N3O/c1-4-6-17-10-15-5-7-18(11-15)12-16-13-19(14(2)3)8-9-20-16/h5,7,11,14,16-17H,4,6,8-10,12-13H2,1-3H3. The van der Waals surface area contributed by atoms with Crippen molar-refractivity contribution in [3.8, 4) is 0 Å². The van der Waals surface area contributed by atoms with Crippen molar-refractivity contribution in [2.75, 3.05) is 26.2 Å². The summed E-state index contributed by atoms with van der Waals surface area (Å²) in [6.45, 7) is 12.7. The summed E-state index contributed by atoms with van der Waals surface area (Å²) in [6.07, 6.45) is 5.90. The van der Waals surface area contributed by atoms with Gasteiger partial charge in [0.2, 0.25) is 0 Å². The predicted molar refractivity (Wildman–Crippen MR) is 82.9 cm³/mol. The van der Waals surface area contributed by atoms with Crippen molar-refractivity contribution < 1.29 is 4.74 Å². The predicted octanol–water partition coefficient (Wildman–Crippen LogP) is 2.10. The largest absolute Gasteiger partial charge is 0.374 e. The molecule has 0 saturated carbocycles. The first-order chi connectivity index (χ1) is 9.69. The van der Waals surface area contributed by atoms with E-state index in [9.17, 15) is 0 Å². The van der Waals surface area contributed by atoms with Gasteiger partial charge < -0.3 is 14.6 Å². The summed E-state index contributed by atoms with van der Waals surface area (Å²) in [5.74, 6) is 0. The van der Waals surface area contributed by atoms with Gasteiger partial charge in [0, 0.05) is 44.6 Å². The molecule has 0 aliphatic carbocycles. The van der Waals surface area contributed by atoms with Crippen LogP contribution in [0.4, 0.5) is 0 Å². The molecular weight excluding hydrogens is 250 g/mol. The van der Waals surface area contributed by atoms with Crippen LogP contribution in [-0.2, 0) is 17.8 Å². The molecule has 1 atom stereocenters. The zero-order valence-corrected chi connectivity index (χ0v) is 13.1. The summed E-state index contributed by atoms with van der Waals surface area (Å²) in [6, 6.07) is 2.81. The number of nitrogens with one attached hydrogen (secondary N) is 1. The van der Waals surface area contributed by atoms with Gasteiger partial charge in [0.05, 0.1) is 12.7 Å². The first-order valence-corrected chi connectivity index (χ1v) is 7.90. The van der Waals surface area contributed by atoms with Gasteiger partial charge in [-0.15, -0.1) is 0 Å². The molecule has 1 aliphatic rings. The second kappa shape index (κ2) is 7.81. The van der Waals surface area contributed by atoms with Gasteiger partial charge in [-0.25, -0.2) is 0 Å². The normalized spacial score (nSPS) is 20.7. The van der Waals surface area contributed by atoms with Gasteiger partial charge in [-0.2, -0.15) is 0 Å². The van der Waals surface area contributed by atoms with Crippen LogP contribution >= 0.6 is 0 Å². The monoisotopic (exact) mass is 279 g/mol. The molecule has 20 heavy (non-hydrogen) atoms. The van der Waals surface area contributed by atoms with Gasteiger partial charge in [0.15, 0.2) is 0 Å². The molecule has 1 aliphatic heterocycles. The molecule has 0 radical (unpaired) electrons. The summed E-state index contributed by atoms with van der Waals surface area (Å²) in [4.78, 5) is 2.50. The fraction of sp³-hybridized carbons (Fsp3) is 0.750. The highest BCUT2D eigenvalue weighted by molar-refractivity contribution is 5.10. The fourth-order valence-corrected chi connectivity index (χ4v) is 2.67. The summed E-state index contributed by atoms with van der Waals surface area (Å²) >= 11 is 0. The van der Waals surface area contributed by atoms with Crippen molar-refractivity contribution in [1.29, 1.82) is 0 Å². The number of ether oxygens (including phenoxy) is 1. The molecular formula is C16H29N3O. The highest BCUT2D eigenvalue weighted by Gasteiger charge is 2.22. The number of rotatable bonds is 7. The maximum Gasteiger partial charge on any atom is 0.0881 e. The zero-order valence-electron chi connectivity index (χ0n) is 13.1. The van der Waals surface area contributed by atoms with Crippen LogP contribution in [0.2, 0.25) is 0 Å². The van der Waals surface area contributed by atoms with E-state index in [0.717, 1.165) is 39.3 Å². The van der Waals surface area contributed by atoms with E-state index in [2.05, 4.69) is 54.0 Å². The Kier molecular flexibility index (Phi) is 6.07. The quantitative estimate of drug-likeness (QED) is 0.775. The lowest BCUT2D eigenvalue weighted by Gasteiger charge is -2.35. The van der Waals surface area contributed by atoms with E-state index in [1.807, 2.05) is 0 Å². The number of hydrogen-bond donors (Lipinski definition) is 1. The van der Waals surface area contributed by atoms with Crippen molar-refractivity contribution in [2.45, 2.75) is 52.4 Å². The van der Waals surface area contributed by atoms with Gasteiger partial charge >= 0.3 is 0 Å². The maximum absolute atomic E-state index is 5.89. The summed E-state index contributed by atoms with van der Waals surface area (Å²) in [5.41, 5.74) is 1.36. The van der Waals surface area contributed by atoms with Gasteiger partial charge in [-0.05, 0) is 38.4 Å². The number of aromatic nitrogens is 1. The molecule has 0 amide bonds. The highest BCUT2D eigenvalue weighted by Crippen LogP contribution is 2.11. The fourth-order valence-electron chi connectivity index (χ4n) is 2.67. The molecule has 2 rings (SSSR count). The topological polar surface area (TPSA) is 29.4 Å². The minimum absolute atomic E-state index is 0.315. The Bertz CT molecular complexity index is 389. The molecule has 2 heterocycles. The van der Waals surface area contributed by atoms with Crippen molar-refractivity contribution >= 4 is 0 Å². The highest BCUT2D eigenvalue weighted by atomic mass is 16.5. The molecule has 0 bridgehead atoms. The van der Waals surface area contributed by atoms with E-state index in [1.54, 1.807) is 0 Å². The second-order valence-corrected chi connectivity index (χ2v) is 5.97. The zero-order chi connectivity index (χ0) is 14.4. The lowest BCUT2D eigenvalue weighted by molar-refractivity contribution is -0.0455. The van der Waals surface area contributed by atoms with Gasteiger partial charge in [-0.1, -0.05) is 6.92 Å². The molecule has 0 aromatic carbocycles. The Morgan fingerprint density at radius 1 is 1.45 bits per heavy atom. The first-order valence-electron chi connectivity index (χ1n) is 7.90. The lowest BCUT2D eigenvalue weighted by Crippen LogP contribution is -2.47. The molecule has 114 valence electrons. The SMILES string of the molecule is CCCNCc1ccn(CC2CN(C(C)C)CCO2)c1. The Labute approximate surface area is 123 Å². The van der Waals surface area contributed by atoms with E-state index in [4.69, 9.17) is 4.74 Å². The van der Waals surface area contributed by atoms with E-state index >= 15 is 0 Å². The molecule has 1 saturated heterocycles. The number of morpholine rings is 1. The lowest BCUT2D eigenvalue weighted by atomic mass is 10.2. The van der Waals surface area contributed by atoms with E-state index in [-0.39, 0.29) is 0 Å². The van der Waals surface area contributed by atoms with E-state index in [0.29, 0.717) is 12.1 Å². The van der Waals surface area contributed by atoms with Crippen LogP contribution in [0.3, 0.4) is 0 Å². The Morgan fingerprint density at radius 2 is 2.30 bits per heavy atom. The molecule has 1 N–H and O–H groups in total. The van der Waals surface area contributed by atoms with E-state index < -0.39 is 0 Å². The average molecular weight is 279 g/mol. The minimum Gasteiger partial charge on any atom is -0.374 e. The van der Waals surface area contributed by atoms with Crippen LogP contribution in [0, 0.1) is 0 Å². The Morgan fingerprint density at radius 3 is 3.05 bits per heavy atom. The molecule has 4 heteroatoms. The third-order valence-corrected chi connectivity index (χ3v) is 3.88. The van der Waals surface area contributed by atoms with Crippen LogP contribution < -0.4 is 5.32 Å². The van der Waals surface area contributed by atoms with E-state index in [1.165, 1.54) is 12.0 Å². The van der Waals surface area contributed by atoms with Crippen molar-refractivity contribution in [2.24, 2.45) is 0 Å². The van der Waals surface area contributed by atoms with Crippen LogP contribution in [0.1, 0.15) is 32.8 Å². The molecule has 1 fully saturated rings. The molecule has 1 aromatic rings.